The van der Waals surface area contributed by atoms with Crippen LogP contribution in [-0.2, 0) is 17.3 Å². The minimum Gasteiger partial charge on any atom is -0.331 e. The summed E-state index contributed by atoms with van der Waals surface area (Å²) in [6.07, 6.45) is 2.92. The summed E-state index contributed by atoms with van der Waals surface area (Å²) in [5, 5.41) is 0. The van der Waals surface area contributed by atoms with Crippen molar-refractivity contribution in [2.45, 2.75) is 50.5 Å². The second kappa shape index (κ2) is 9.18. The minimum absolute atomic E-state index is 0.0142. The molecule has 0 heterocycles. The Kier molecular flexibility index (Phi) is 6.85. The highest BCUT2D eigenvalue weighted by Gasteiger charge is 2.28. The Bertz CT molecular complexity index is 892. The molecule has 1 fully saturated rings. The summed E-state index contributed by atoms with van der Waals surface area (Å²) in [4.78, 5) is 33.2. The van der Waals surface area contributed by atoms with Gasteiger partial charge in [-0.15, -0.1) is 0 Å². The van der Waals surface area contributed by atoms with Crippen LogP contribution in [0.25, 0.3) is 0 Å². The third kappa shape index (κ3) is 6.21. The van der Waals surface area contributed by atoms with E-state index in [0.29, 0.717) is 17.7 Å². The molecule has 1 aliphatic carbocycles. The molecule has 1 aliphatic rings. The second-order valence-corrected chi connectivity index (χ2v) is 9.30. The lowest BCUT2D eigenvalue weighted by atomic mass is 9.90. The fourth-order valence-corrected chi connectivity index (χ4v) is 4.44. The van der Waals surface area contributed by atoms with Gasteiger partial charge in [0, 0.05) is 24.2 Å². The number of carbonyl (C=O) groups is 1. The van der Waals surface area contributed by atoms with Crippen molar-refractivity contribution < 1.29 is 23.5 Å². The molecule has 2 aromatic rings. The van der Waals surface area contributed by atoms with Crippen LogP contribution in [-0.4, -0.2) is 32.7 Å². The first-order chi connectivity index (χ1) is 13.7. The van der Waals surface area contributed by atoms with Crippen molar-refractivity contribution in [1.29, 1.82) is 0 Å². The van der Waals surface area contributed by atoms with Crippen LogP contribution in [0.2, 0.25) is 0 Å². The van der Waals surface area contributed by atoms with Crippen LogP contribution in [0, 0.1) is 5.82 Å². The highest BCUT2D eigenvalue weighted by molar-refractivity contribution is 7.50. The number of halogens is 1. The molecule has 1 saturated carbocycles. The fourth-order valence-electron chi connectivity index (χ4n) is 3.75. The first kappa shape index (κ1) is 21.7. The van der Waals surface area contributed by atoms with Gasteiger partial charge in [-0.25, -0.2) is 4.39 Å². The largest absolute Gasteiger partial charge is 0.331 e. The van der Waals surface area contributed by atoms with Gasteiger partial charge in [0.15, 0.2) is 0 Å². The van der Waals surface area contributed by atoms with Crippen LogP contribution in [0.4, 0.5) is 4.39 Å². The number of amides is 1. The van der Waals surface area contributed by atoms with Gasteiger partial charge in [0.1, 0.15) is 5.82 Å². The van der Waals surface area contributed by atoms with Gasteiger partial charge in [-0.2, -0.15) is 0 Å². The summed E-state index contributed by atoms with van der Waals surface area (Å²) in [5.41, 5.74) is 7.69. The smallest absolute Gasteiger partial charge is 0.329 e. The van der Waals surface area contributed by atoms with Crippen LogP contribution in [0.5, 0.6) is 0 Å². The van der Waals surface area contributed by atoms with E-state index in [1.165, 1.54) is 18.2 Å². The average molecular weight is 420 g/mol. The van der Waals surface area contributed by atoms with E-state index in [9.17, 15) is 13.8 Å². The molecule has 29 heavy (non-hydrogen) atoms. The van der Waals surface area contributed by atoms with Crippen molar-refractivity contribution in [2.75, 3.05) is 0 Å². The van der Waals surface area contributed by atoms with Gasteiger partial charge >= 0.3 is 7.60 Å². The van der Waals surface area contributed by atoms with Crippen LogP contribution < -0.4 is 5.73 Å². The maximum absolute atomic E-state index is 13.6. The number of rotatable bonds is 6. The van der Waals surface area contributed by atoms with E-state index in [-0.39, 0.29) is 24.2 Å². The zero-order valence-corrected chi connectivity index (χ0v) is 17.0. The minimum atomic E-state index is -4.13. The predicted octanol–water partition coefficient (Wildman–Crippen LogP) is 3.42. The summed E-state index contributed by atoms with van der Waals surface area (Å²) in [5.74, 6) is -0.687. The van der Waals surface area contributed by atoms with E-state index in [0.717, 1.165) is 31.2 Å². The van der Waals surface area contributed by atoms with Gasteiger partial charge in [0.05, 0.1) is 6.16 Å². The van der Waals surface area contributed by atoms with Crippen molar-refractivity contribution in [3.8, 4) is 0 Å². The van der Waals surface area contributed by atoms with Gasteiger partial charge in [-0.3, -0.25) is 9.36 Å². The molecule has 0 spiro atoms. The summed E-state index contributed by atoms with van der Waals surface area (Å²) in [7, 11) is -4.13. The Balaban J connectivity index is 1.81. The molecular formula is C21H26FN2O4P. The monoisotopic (exact) mass is 420 g/mol. The van der Waals surface area contributed by atoms with E-state index < -0.39 is 13.4 Å². The average Bonchev–Trinajstić information content (AvgIpc) is 2.66. The van der Waals surface area contributed by atoms with Gasteiger partial charge < -0.3 is 20.4 Å². The SMILES string of the molecule is NC1CCC(N(Cc2ccc(CP(=O)(O)O)cc2)C(=O)c2cccc(F)c2)CC1. The van der Waals surface area contributed by atoms with Gasteiger partial charge in [-0.05, 0) is 55.0 Å². The molecule has 2 aromatic carbocycles. The molecule has 156 valence electrons. The summed E-state index contributed by atoms with van der Waals surface area (Å²) >= 11 is 0. The summed E-state index contributed by atoms with van der Waals surface area (Å²) in [6, 6.07) is 12.7. The molecule has 0 aliphatic heterocycles. The maximum Gasteiger partial charge on any atom is 0.329 e. The van der Waals surface area contributed by atoms with E-state index in [4.69, 9.17) is 15.5 Å². The highest BCUT2D eigenvalue weighted by Crippen LogP contribution is 2.39. The molecule has 0 bridgehead atoms. The second-order valence-electron chi connectivity index (χ2n) is 7.65. The fraction of sp³-hybridized carbons (Fsp3) is 0.381. The summed E-state index contributed by atoms with van der Waals surface area (Å²) in [6.45, 7) is 0.339. The molecule has 1 amide bonds. The third-order valence-electron chi connectivity index (χ3n) is 5.28. The van der Waals surface area contributed by atoms with E-state index in [2.05, 4.69) is 0 Å². The maximum atomic E-state index is 13.6. The predicted molar refractivity (Wildman–Crippen MR) is 109 cm³/mol. The van der Waals surface area contributed by atoms with Crippen molar-refractivity contribution in [2.24, 2.45) is 5.73 Å². The number of nitrogens with two attached hydrogens (primary N) is 1. The molecule has 0 unspecified atom stereocenters. The molecule has 0 saturated heterocycles. The first-order valence-electron chi connectivity index (χ1n) is 9.66. The van der Waals surface area contributed by atoms with Crippen molar-refractivity contribution >= 4 is 13.5 Å². The van der Waals surface area contributed by atoms with Crippen molar-refractivity contribution in [3.05, 3.63) is 71.0 Å². The first-order valence-corrected chi connectivity index (χ1v) is 11.5. The highest BCUT2D eigenvalue weighted by atomic mass is 31.2. The lowest BCUT2D eigenvalue weighted by molar-refractivity contribution is 0.0606. The zero-order valence-electron chi connectivity index (χ0n) is 16.1. The Morgan fingerprint density at radius 1 is 1.07 bits per heavy atom. The summed E-state index contributed by atoms with van der Waals surface area (Å²) < 4.78 is 24.8. The third-order valence-corrected chi connectivity index (χ3v) is 6.06. The number of nitrogens with zero attached hydrogens (tertiary/aromatic N) is 1. The topological polar surface area (TPSA) is 104 Å². The normalized spacial score (nSPS) is 19.7. The number of carbonyl (C=O) groups excluding carboxylic acids is 1. The Morgan fingerprint density at radius 2 is 1.69 bits per heavy atom. The number of hydrogen-bond donors (Lipinski definition) is 3. The molecule has 6 nitrogen and oxygen atoms in total. The van der Waals surface area contributed by atoms with Gasteiger partial charge in [0.25, 0.3) is 5.91 Å². The molecule has 0 aromatic heterocycles. The van der Waals surface area contributed by atoms with Crippen LogP contribution >= 0.6 is 7.60 Å². The molecule has 0 atom stereocenters. The number of benzene rings is 2. The molecule has 8 heteroatoms. The Morgan fingerprint density at radius 3 is 2.28 bits per heavy atom. The van der Waals surface area contributed by atoms with Crippen LogP contribution in [0.3, 0.4) is 0 Å². The van der Waals surface area contributed by atoms with E-state index in [1.54, 1.807) is 35.2 Å². The van der Waals surface area contributed by atoms with Gasteiger partial charge in [0.2, 0.25) is 0 Å². The lowest BCUT2D eigenvalue weighted by Gasteiger charge is -2.36. The van der Waals surface area contributed by atoms with Crippen molar-refractivity contribution in [3.63, 3.8) is 0 Å². The lowest BCUT2D eigenvalue weighted by Crippen LogP contribution is -2.43. The van der Waals surface area contributed by atoms with Crippen LogP contribution in [0.15, 0.2) is 48.5 Å². The quantitative estimate of drug-likeness (QED) is 0.622. The molecule has 4 N–H and O–H groups in total. The van der Waals surface area contributed by atoms with E-state index in [1.807, 2.05) is 0 Å². The Labute approximate surface area is 169 Å². The standard InChI is InChI=1S/C21H26FN2O4P/c22-18-3-1-2-17(12-18)21(25)24(20-10-8-19(23)9-11-20)13-15-4-6-16(7-5-15)14-29(26,27)28/h1-7,12,19-20H,8-11,13-14,23H2,(H2,26,27,28). The molecular weight excluding hydrogens is 394 g/mol. The van der Waals surface area contributed by atoms with Crippen molar-refractivity contribution in [1.82, 2.24) is 4.90 Å². The van der Waals surface area contributed by atoms with E-state index >= 15 is 0 Å². The number of hydrogen-bond acceptors (Lipinski definition) is 3. The molecule has 3 rings (SSSR count). The van der Waals surface area contributed by atoms with Crippen LogP contribution in [0.1, 0.15) is 47.2 Å². The Hall–Kier alpha value is -2.05. The zero-order chi connectivity index (χ0) is 21.0. The molecule has 0 radical (unpaired) electrons. The van der Waals surface area contributed by atoms with Gasteiger partial charge in [-0.1, -0.05) is 30.3 Å².